The fourth-order valence-electron chi connectivity index (χ4n) is 3.28. The van der Waals surface area contributed by atoms with Gasteiger partial charge in [0.15, 0.2) is 0 Å². The molecule has 0 aromatic heterocycles. The Hall–Kier alpha value is -0.610. The van der Waals surface area contributed by atoms with Crippen molar-refractivity contribution < 1.29 is 9.90 Å². The summed E-state index contributed by atoms with van der Waals surface area (Å²) in [6.07, 6.45) is 4.11. The van der Waals surface area contributed by atoms with Crippen LogP contribution in [0.5, 0.6) is 0 Å². The summed E-state index contributed by atoms with van der Waals surface area (Å²) in [6.45, 7) is 9.90. The van der Waals surface area contributed by atoms with Gasteiger partial charge in [0.2, 0.25) is 0 Å². The molecule has 0 aromatic rings. The molecule has 0 aliphatic carbocycles. The lowest BCUT2D eigenvalue weighted by Gasteiger charge is -2.36. The van der Waals surface area contributed by atoms with Gasteiger partial charge >= 0.3 is 5.97 Å². The normalized spacial score (nSPS) is 31.1. The maximum absolute atomic E-state index is 11.2. The Morgan fingerprint density at radius 3 is 2.67 bits per heavy atom. The predicted octanol–water partition coefficient (Wildman–Crippen LogP) is 1.80. The smallest absolute Gasteiger partial charge is 0.320 e. The molecule has 0 amide bonds. The Kier molecular flexibility index (Phi) is 3.97. The Bertz CT molecular complexity index is 317. The monoisotopic (exact) mass is 254 g/mol. The Balaban J connectivity index is 1.98. The van der Waals surface area contributed by atoms with E-state index in [-0.39, 0.29) is 11.6 Å². The van der Waals surface area contributed by atoms with Crippen LogP contribution in [0, 0.1) is 0 Å². The van der Waals surface area contributed by atoms with Crippen molar-refractivity contribution in [2.45, 2.75) is 64.1 Å². The van der Waals surface area contributed by atoms with Crippen LogP contribution in [0.4, 0.5) is 0 Å². The highest BCUT2D eigenvalue weighted by atomic mass is 16.4. The number of likely N-dealkylation sites (tertiary alicyclic amines) is 2. The third-order valence-corrected chi connectivity index (χ3v) is 4.93. The van der Waals surface area contributed by atoms with E-state index in [1.54, 1.807) is 0 Å². The van der Waals surface area contributed by atoms with E-state index in [0.29, 0.717) is 6.04 Å². The zero-order valence-corrected chi connectivity index (χ0v) is 11.9. The summed E-state index contributed by atoms with van der Waals surface area (Å²) in [6, 6.07) is 0.208. The van der Waals surface area contributed by atoms with Crippen LogP contribution in [0.15, 0.2) is 0 Å². The second-order valence-corrected chi connectivity index (χ2v) is 6.29. The molecule has 2 fully saturated rings. The van der Waals surface area contributed by atoms with Crippen LogP contribution in [0.1, 0.15) is 46.5 Å². The van der Waals surface area contributed by atoms with E-state index in [0.717, 1.165) is 45.3 Å². The van der Waals surface area contributed by atoms with Crippen molar-refractivity contribution in [1.82, 2.24) is 9.80 Å². The van der Waals surface area contributed by atoms with Crippen molar-refractivity contribution in [3.05, 3.63) is 0 Å². The number of rotatable bonds is 4. The van der Waals surface area contributed by atoms with Crippen molar-refractivity contribution in [2.24, 2.45) is 0 Å². The molecule has 2 saturated heterocycles. The van der Waals surface area contributed by atoms with Crippen LogP contribution < -0.4 is 0 Å². The van der Waals surface area contributed by atoms with E-state index in [9.17, 15) is 9.90 Å². The number of hydrogen-bond acceptors (Lipinski definition) is 3. The van der Waals surface area contributed by atoms with Crippen LogP contribution in [-0.4, -0.2) is 58.1 Å². The first-order chi connectivity index (χ1) is 8.45. The fraction of sp³-hybridized carbons (Fsp3) is 0.929. The molecule has 2 atom stereocenters. The molecule has 104 valence electrons. The second-order valence-electron chi connectivity index (χ2n) is 6.29. The van der Waals surface area contributed by atoms with Gasteiger partial charge in [0, 0.05) is 24.7 Å². The van der Waals surface area contributed by atoms with Crippen molar-refractivity contribution in [3.63, 3.8) is 0 Å². The molecule has 0 aromatic carbocycles. The Morgan fingerprint density at radius 2 is 2.06 bits per heavy atom. The summed E-state index contributed by atoms with van der Waals surface area (Å²) >= 11 is 0. The topological polar surface area (TPSA) is 43.8 Å². The quantitative estimate of drug-likeness (QED) is 0.831. The second kappa shape index (κ2) is 5.17. The van der Waals surface area contributed by atoms with Gasteiger partial charge in [-0.05, 0) is 46.1 Å². The average Bonchev–Trinajstić information content (AvgIpc) is 2.97. The van der Waals surface area contributed by atoms with Gasteiger partial charge < -0.3 is 5.11 Å². The van der Waals surface area contributed by atoms with Gasteiger partial charge in [-0.15, -0.1) is 0 Å². The van der Waals surface area contributed by atoms with Crippen molar-refractivity contribution >= 4 is 5.97 Å². The molecule has 2 heterocycles. The van der Waals surface area contributed by atoms with Gasteiger partial charge in [-0.3, -0.25) is 14.6 Å². The summed E-state index contributed by atoms with van der Waals surface area (Å²) in [5.74, 6) is -0.638. The Labute approximate surface area is 110 Å². The summed E-state index contributed by atoms with van der Waals surface area (Å²) in [4.78, 5) is 16.0. The molecule has 0 bridgehead atoms. The molecular weight excluding hydrogens is 228 g/mol. The van der Waals surface area contributed by atoms with Crippen molar-refractivity contribution in [2.75, 3.05) is 19.6 Å². The van der Waals surface area contributed by atoms with Gasteiger partial charge in [0.25, 0.3) is 0 Å². The predicted molar refractivity (Wildman–Crippen MR) is 71.7 cm³/mol. The Morgan fingerprint density at radius 1 is 1.33 bits per heavy atom. The molecule has 4 nitrogen and oxygen atoms in total. The van der Waals surface area contributed by atoms with E-state index in [2.05, 4.69) is 30.6 Å². The summed E-state index contributed by atoms with van der Waals surface area (Å²) in [5.41, 5.74) is 0.243. The van der Waals surface area contributed by atoms with E-state index in [1.807, 2.05) is 0 Å². The summed E-state index contributed by atoms with van der Waals surface area (Å²) < 4.78 is 0. The zero-order chi connectivity index (χ0) is 13.3. The highest BCUT2D eigenvalue weighted by Gasteiger charge is 2.40. The standard InChI is InChI=1S/C14H26N2O2/c1-4-14(2,3)15-9-7-11(10-15)16-8-5-6-12(16)13(17)18/h11-12H,4-10H2,1-3H3,(H,17,18). The SMILES string of the molecule is CCC(C)(C)N1CCC(N2CCCC2C(=O)O)C1. The fourth-order valence-corrected chi connectivity index (χ4v) is 3.28. The molecule has 2 unspecified atom stereocenters. The number of carboxylic acids is 1. The largest absolute Gasteiger partial charge is 0.480 e. The van der Waals surface area contributed by atoms with Crippen molar-refractivity contribution in [3.8, 4) is 0 Å². The maximum Gasteiger partial charge on any atom is 0.320 e. The van der Waals surface area contributed by atoms with Gasteiger partial charge in [0.05, 0.1) is 0 Å². The van der Waals surface area contributed by atoms with Crippen molar-refractivity contribution in [1.29, 1.82) is 0 Å². The van der Waals surface area contributed by atoms with Gasteiger partial charge in [-0.25, -0.2) is 0 Å². The van der Waals surface area contributed by atoms with Crippen LogP contribution in [0.25, 0.3) is 0 Å². The lowest BCUT2D eigenvalue weighted by Crippen LogP contribution is -2.47. The molecule has 2 aliphatic rings. The first kappa shape index (κ1) is 13.8. The number of carbonyl (C=O) groups is 1. The summed E-state index contributed by atoms with van der Waals surface area (Å²) in [7, 11) is 0. The number of hydrogen-bond donors (Lipinski definition) is 1. The molecule has 2 rings (SSSR count). The minimum absolute atomic E-state index is 0.236. The highest BCUT2D eigenvalue weighted by Crippen LogP contribution is 2.30. The van der Waals surface area contributed by atoms with Gasteiger partial charge in [-0.1, -0.05) is 6.92 Å². The molecular formula is C14H26N2O2. The molecule has 1 N–H and O–H groups in total. The molecule has 4 heteroatoms. The zero-order valence-electron chi connectivity index (χ0n) is 11.9. The first-order valence-corrected chi connectivity index (χ1v) is 7.19. The lowest BCUT2D eigenvalue weighted by atomic mass is 10.00. The maximum atomic E-state index is 11.2. The number of aliphatic carboxylic acids is 1. The first-order valence-electron chi connectivity index (χ1n) is 7.19. The number of nitrogens with zero attached hydrogens (tertiary/aromatic N) is 2. The van der Waals surface area contributed by atoms with E-state index in [4.69, 9.17) is 0 Å². The molecule has 0 saturated carbocycles. The molecule has 2 aliphatic heterocycles. The minimum Gasteiger partial charge on any atom is -0.480 e. The minimum atomic E-state index is -0.638. The highest BCUT2D eigenvalue weighted by molar-refractivity contribution is 5.73. The lowest BCUT2D eigenvalue weighted by molar-refractivity contribution is -0.142. The third-order valence-electron chi connectivity index (χ3n) is 4.93. The third kappa shape index (κ3) is 2.54. The molecule has 18 heavy (non-hydrogen) atoms. The average molecular weight is 254 g/mol. The van der Waals surface area contributed by atoms with Crippen LogP contribution in [-0.2, 0) is 4.79 Å². The van der Waals surface area contributed by atoms with E-state index in [1.165, 1.54) is 0 Å². The summed E-state index contributed by atoms with van der Waals surface area (Å²) in [5, 5.41) is 9.26. The van der Waals surface area contributed by atoms with E-state index < -0.39 is 5.97 Å². The molecule has 0 spiro atoms. The van der Waals surface area contributed by atoms with E-state index >= 15 is 0 Å². The molecule has 0 radical (unpaired) electrons. The number of carboxylic acid groups (broad SMARTS) is 1. The van der Waals surface area contributed by atoms with Gasteiger partial charge in [-0.2, -0.15) is 0 Å². The van der Waals surface area contributed by atoms with Crippen LogP contribution in [0.2, 0.25) is 0 Å². The van der Waals surface area contributed by atoms with Crippen LogP contribution in [0.3, 0.4) is 0 Å². The van der Waals surface area contributed by atoms with Gasteiger partial charge in [0.1, 0.15) is 6.04 Å². The van der Waals surface area contributed by atoms with Crippen LogP contribution >= 0.6 is 0 Å².